The smallest absolute Gasteiger partial charge is 0.350 e. The fourth-order valence-electron chi connectivity index (χ4n) is 2.57. The third-order valence-electron chi connectivity index (χ3n) is 4.05. The number of carbonyl (C=O) groups excluding carboxylic acids is 1. The highest BCUT2D eigenvalue weighted by molar-refractivity contribution is 5.97. The first-order chi connectivity index (χ1) is 14.3. The Morgan fingerprint density at radius 2 is 1.53 bits per heavy atom. The van der Waals surface area contributed by atoms with Crippen LogP contribution in [0.2, 0.25) is 0 Å². The molecule has 0 radical (unpaired) electrons. The number of rotatable bonds is 10. The molecule has 0 atom stereocenters. The van der Waals surface area contributed by atoms with Crippen molar-refractivity contribution in [1.29, 1.82) is 0 Å². The summed E-state index contributed by atoms with van der Waals surface area (Å²) in [7, 11) is 0. The Balaban J connectivity index is 0.000000311. The summed E-state index contributed by atoms with van der Waals surface area (Å²) in [6, 6.07) is 3.86. The van der Waals surface area contributed by atoms with Crippen LogP contribution in [0, 0.1) is 0 Å². The van der Waals surface area contributed by atoms with Crippen LogP contribution in [0.15, 0.2) is 61.9 Å². The number of allylic oxidation sites excluding steroid dienone is 2. The highest BCUT2D eigenvalue weighted by Crippen LogP contribution is 2.18. The number of hydrogen-bond acceptors (Lipinski definition) is 7. The van der Waals surface area contributed by atoms with Gasteiger partial charge in [-0.2, -0.15) is 0 Å². The average Bonchev–Trinajstić information content (AvgIpc) is 2.67. The Bertz CT molecular complexity index is 966. The second kappa shape index (κ2) is 13.0. The van der Waals surface area contributed by atoms with Gasteiger partial charge in [-0.1, -0.05) is 19.1 Å². The molecule has 0 aliphatic heterocycles. The Kier molecular flexibility index (Phi) is 10.7. The first-order valence-corrected chi connectivity index (χ1v) is 9.76. The normalized spacial score (nSPS) is 10.0. The van der Waals surface area contributed by atoms with Crippen molar-refractivity contribution in [3.05, 3.63) is 81.4 Å². The van der Waals surface area contributed by atoms with Crippen molar-refractivity contribution in [2.45, 2.75) is 51.9 Å². The predicted molar refractivity (Wildman–Crippen MR) is 114 cm³/mol. The summed E-state index contributed by atoms with van der Waals surface area (Å²) in [5.41, 5.74) is -1.51. The molecule has 2 aromatic heterocycles. The summed E-state index contributed by atoms with van der Waals surface area (Å²) < 4.78 is 9.84. The summed E-state index contributed by atoms with van der Waals surface area (Å²) >= 11 is 0. The van der Waals surface area contributed by atoms with Crippen LogP contribution in [-0.4, -0.2) is 16.0 Å². The van der Waals surface area contributed by atoms with Gasteiger partial charge < -0.3 is 19.0 Å². The zero-order valence-corrected chi connectivity index (χ0v) is 17.2. The second-order valence-electron chi connectivity index (χ2n) is 6.50. The molecule has 0 aromatic carbocycles. The van der Waals surface area contributed by atoms with Gasteiger partial charge in [-0.25, -0.2) is 9.59 Å². The number of aryl methyl sites for hydroxylation is 2. The van der Waals surface area contributed by atoms with E-state index in [4.69, 9.17) is 13.9 Å². The molecule has 30 heavy (non-hydrogen) atoms. The van der Waals surface area contributed by atoms with Crippen LogP contribution in [-0.2, 0) is 12.8 Å². The monoisotopic (exact) mass is 416 g/mol. The van der Waals surface area contributed by atoms with Crippen molar-refractivity contribution < 1.29 is 23.8 Å². The molecule has 2 rings (SSSR count). The van der Waals surface area contributed by atoms with Crippen LogP contribution in [0.5, 0.6) is 11.5 Å². The molecule has 0 spiro atoms. The third kappa shape index (κ3) is 8.34. The van der Waals surface area contributed by atoms with E-state index in [1.165, 1.54) is 12.1 Å². The van der Waals surface area contributed by atoms with E-state index in [9.17, 15) is 19.5 Å². The number of carbonyl (C=O) groups is 1. The van der Waals surface area contributed by atoms with E-state index >= 15 is 0 Å². The lowest BCUT2D eigenvalue weighted by molar-refractivity contribution is 0.0981. The number of ketones is 1. The molecule has 2 heterocycles. The molecular formula is C23H28O7. The Morgan fingerprint density at radius 3 is 2.00 bits per heavy atom. The van der Waals surface area contributed by atoms with Crippen molar-refractivity contribution >= 4 is 5.78 Å². The highest BCUT2D eigenvalue weighted by Gasteiger charge is 2.17. The lowest BCUT2D eigenvalue weighted by atomic mass is 10.1. The minimum Gasteiger partial charge on any atom is -0.508 e. The van der Waals surface area contributed by atoms with Crippen molar-refractivity contribution in [1.82, 2.24) is 0 Å². The second-order valence-corrected chi connectivity index (χ2v) is 6.50. The van der Waals surface area contributed by atoms with Gasteiger partial charge in [0.1, 0.15) is 28.6 Å². The molecule has 2 aromatic rings. The van der Waals surface area contributed by atoms with E-state index in [0.717, 1.165) is 31.7 Å². The lowest BCUT2D eigenvalue weighted by Gasteiger charge is -2.03. The van der Waals surface area contributed by atoms with E-state index in [0.29, 0.717) is 24.4 Å². The van der Waals surface area contributed by atoms with Gasteiger partial charge in [0.05, 0.1) is 6.07 Å². The van der Waals surface area contributed by atoms with Gasteiger partial charge in [-0.05, 0) is 25.7 Å². The van der Waals surface area contributed by atoms with E-state index in [1.807, 2.05) is 0 Å². The van der Waals surface area contributed by atoms with Crippen molar-refractivity contribution in [2.24, 2.45) is 0 Å². The van der Waals surface area contributed by atoms with Crippen molar-refractivity contribution in [2.75, 3.05) is 0 Å². The fraction of sp³-hybridized carbons (Fsp3) is 0.348. The van der Waals surface area contributed by atoms with E-state index in [2.05, 4.69) is 13.2 Å². The van der Waals surface area contributed by atoms with Crippen LogP contribution in [0.25, 0.3) is 0 Å². The van der Waals surface area contributed by atoms with Crippen LogP contribution >= 0.6 is 0 Å². The molecule has 0 amide bonds. The first kappa shape index (κ1) is 24.7. The fourth-order valence-corrected chi connectivity index (χ4v) is 2.57. The molecule has 162 valence electrons. The molecule has 0 bridgehead atoms. The van der Waals surface area contributed by atoms with Gasteiger partial charge in [0.15, 0.2) is 5.78 Å². The first-order valence-electron chi connectivity index (χ1n) is 9.76. The molecule has 0 aliphatic rings. The van der Waals surface area contributed by atoms with Gasteiger partial charge in [0.25, 0.3) is 0 Å². The Labute approximate surface area is 175 Å². The zero-order valence-electron chi connectivity index (χ0n) is 17.2. The standard InChI is InChI=1S/C13H16O4.C10H12O3/c1-3-5-6-7-9-8-11(15)12(10(14)4-2)13(16)17-9;1-2-3-4-5-9-6-8(11)7-10(12)13-9/h3,8,15H,1,4-7H2,2H3;2,6-7,11H,1,3-5H2. The summed E-state index contributed by atoms with van der Waals surface area (Å²) in [5, 5.41) is 18.7. The van der Waals surface area contributed by atoms with Gasteiger partial charge in [0, 0.05) is 31.4 Å². The number of aromatic hydroxyl groups is 2. The van der Waals surface area contributed by atoms with Gasteiger partial charge in [0.2, 0.25) is 0 Å². The molecule has 7 heteroatoms. The molecule has 0 saturated carbocycles. The maximum atomic E-state index is 11.5. The molecule has 0 aliphatic carbocycles. The van der Waals surface area contributed by atoms with Gasteiger partial charge in [-0.15, -0.1) is 13.2 Å². The van der Waals surface area contributed by atoms with Crippen LogP contribution in [0.3, 0.4) is 0 Å². The van der Waals surface area contributed by atoms with Gasteiger partial charge >= 0.3 is 11.3 Å². The summed E-state index contributed by atoms with van der Waals surface area (Å²) in [4.78, 5) is 33.7. The minimum atomic E-state index is -0.759. The largest absolute Gasteiger partial charge is 0.508 e. The van der Waals surface area contributed by atoms with E-state index in [-0.39, 0.29) is 23.5 Å². The summed E-state index contributed by atoms with van der Waals surface area (Å²) in [5.74, 6) is 0.175. The zero-order chi connectivity index (χ0) is 22.5. The average molecular weight is 416 g/mol. The van der Waals surface area contributed by atoms with Gasteiger partial charge in [-0.3, -0.25) is 4.79 Å². The number of Topliss-reactive ketones (excluding diaryl/α,β-unsaturated/α-hetero) is 1. The van der Waals surface area contributed by atoms with Crippen LogP contribution in [0.4, 0.5) is 0 Å². The van der Waals surface area contributed by atoms with Crippen LogP contribution < -0.4 is 11.3 Å². The highest BCUT2D eigenvalue weighted by atomic mass is 16.4. The SMILES string of the molecule is C=CCCCc1cc(O)c(C(=O)CC)c(=O)o1.C=CCCCc1cc(O)cc(=O)o1. The molecule has 0 unspecified atom stereocenters. The minimum absolute atomic E-state index is 0.0372. The summed E-state index contributed by atoms with van der Waals surface area (Å²) in [6.07, 6.45) is 8.26. The molecule has 2 N–H and O–H groups in total. The van der Waals surface area contributed by atoms with Crippen molar-refractivity contribution in [3.8, 4) is 11.5 Å². The van der Waals surface area contributed by atoms with E-state index in [1.54, 1.807) is 19.1 Å². The van der Waals surface area contributed by atoms with E-state index < -0.39 is 17.0 Å². The Morgan fingerprint density at radius 1 is 0.967 bits per heavy atom. The summed E-state index contributed by atoms with van der Waals surface area (Å²) in [6.45, 7) is 8.80. The third-order valence-corrected chi connectivity index (χ3v) is 4.05. The Hall–Kier alpha value is -3.35. The quantitative estimate of drug-likeness (QED) is 0.337. The van der Waals surface area contributed by atoms with Crippen LogP contribution in [0.1, 0.15) is 60.9 Å². The molecular weight excluding hydrogens is 388 g/mol. The molecule has 0 fully saturated rings. The number of unbranched alkanes of at least 4 members (excludes halogenated alkanes) is 2. The molecule has 7 nitrogen and oxygen atoms in total. The predicted octanol–water partition coefficient (Wildman–Crippen LogP) is 4.30. The topological polar surface area (TPSA) is 118 Å². The maximum Gasteiger partial charge on any atom is 0.350 e. The maximum absolute atomic E-state index is 11.5. The molecule has 0 saturated heterocycles. The number of hydrogen-bond donors (Lipinski definition) is 2. The lowest BCUT2D eigenvalue weighted by Crippen LogP contribution is -2.14. The van der Waals surface area contributed by atoms with Crippen molar-refractivity contribution in [3.63, 3.8) is 0 Å².